The van der Waals surface area contributed by atoms with Gasteiger partial charge in [-0.1, -0.05) is 18.2 Å². The molecule has 0 N–H and O–H groups in total. The van der Waals surface area contributed by atoms with Crippen molar-refractivity contribution in [2.75, 3.05) is 23.7 Å². The van der Waals surface area contributed by atoms with Crippen molar-refractivity contribution in [3.05, 3.63) is 47.7 Å². The summed E-state index contributed by atoms with van der Waals surface area (Å²) in [6, 6.07) is 8.16. The smallest absolute Gasteiger partial charge is 0.290 e. The Morgan fingerprint density at radius 3 is 2.93 bits per heavy atom. The van der Waals surface area contributed by atoms with Crippen molar-refractivity contribution in [2.45, 2.75) is 25.6 Å². The normalized spacial score (nSPS) is 20.7. The monoisotopic (exact) mass is 387 g/mol. The third kappa shape index (κ3) is 2.31. The molecule has 0 saturated carbocycles. The van der Waals surface area contributed by atoms with Gasteiger partial charge in [-0.25, -0.2) is 15.0 Å². The van der Waals surface area contributed by atoms with Crippen LogP contribution < -0.4 is 9.91 Å². The molecule has 9 nitrogen and oxygen atoms in total. The van der Waals surface area contributed by atoms with E-state index in [1.165, 1.54) is 0 Å². The standard InChI is InChI=1S/C17H18ClN7O2/c1-17(2,26-3)15-20-16(21-27-15)24-9-19-14-11-6-4-5-7-12(11)23-10-22(18)8-13(23)25(14)24/h4-9,14H,10H2,1-3H3. The second-order valence-electron chi connectivity index (χ2n) is 6.96. The quantitative estimate of drug-likeness (QED) is 0.744. The predicted octanol–water partition coefficient (Wildman–Crippen LogP) is 2.76. The van der Waals surface area contributed by atoms with Crippen molar-refractivity contribution in [1.82, 2.24) is 19.6 Å². The summed E-state index contributed by atoms with van der Waals surface area (Å²) in [5.41, 5.74) is 1.49. The fourth-order valence-corrected chi connectivity index (χ4v) is 3.57. The summed E-state index contributed by atoms with van der Waals surface area (Å²) in [4.78, 5) is 11.3. The second-order valence-corrected chi connectivity index (χ2v) is 7.39. The minimum Gasteiger partial charge on any atom is -0.369 e. The molecule has 27 heavy (non-hydrogen) atoms. The van der Waals surface area contributed by atoms with E-state index in [1.54, 1.807) is 22.9 Å². The predicted molar refractivity (Wildman–Crippen MR) is 99.4 cm³/mol. The summed E-state index contributed by atoms with van der Waals surface area (Å²) in [6.45, 7) is 4.28. The molecule has 3 aliphatic rings. The van der Waals surface area contributed by atoms with Crippen molar-refractivity contribution in [3.63, 3.8) is 0 Å². The Labute approximate surface area is 161 Å². The lowest BCUT2D eigenvalue weighted by Gasteiger charge is -2.41. The highest BCUT2D eigenvalue weighted by atomic mass is 35.5. The van der Waals surface area contributed by atoms with E-state index >= 15 is 0 Å². The molecular formula is C17H18ClN7O2. The summed E-state index contributed by atoms with van der Waals surface area (Å²) in [6.07, 6.45) is 3.35. The number of nitrogens with zero attached hydrogens (tertiary/aromatic N) is 7. The van der Waals surface area contributed by atoms with E-state index in [0.29, 0.717) is 18.5 Å². The average Bonchev–Trinajstić information content (AvgIpc) is 3.38. The van der Waals surface area contributed by atoms with E-state index in [9.17, 15) is 0 Å². The van der Waals surface area contributed by atoms with Crippen molar-refractivity contribution in [3.8, 4) is 0 Å². The minimum atomic E-state index is -0.679. The van der Waals surface area contributed by atoms with Crippen LogP contribution in [0.25, 0.3) is 0 Å². The molecule has 0 saturated heterocycles. The van der Waals surface area contributed by atoms with E-state index in [4.69, 9.17) is 21.0 Å². The number of aliphatic imine (C=N–C) groups is 1. The van der Waals surface area contributed by atoms with E-state index in [1.807, 2.05) is 37.2 Å². The first kappa shape index (κ1) is 16.4. The van der Waals surface area contributed by atoms with Gasteiger partial charge in [-0.3, -0.25) is 4.42 Å². The Morgan fingerprint density at radius 1 is 1.30 bits per heavy atom. The number of methoxy groups -OCH3 is 1. The van der Waals surface area contributed by atoms with Gasteiger partial charge < -0.3 is 14.2 Å². The second kappa shape index (κ2) is 5.61. The molecule has 0 spiro atoms. The molecule has 0 fully saturated rings. The minimum absolute atomic E-state index is 0.218. The third-order valence-corrected chi connectivity index (χ3v) is 5.18. The van der Waals surface area contributed by atoms with Crippen LogP contribution in [-0.4, -0.2) is 39.7 Å². The number of anilines is 2. The zero-order chi connectivity index (χ0) is 18.8. The topological polar surface area (TPSA) is 73.5 Å². The van der Waals surface area contributed by atoms with Gasteiger partial charge in [0.15, 0.2) is 6.17 Å². The summed E-state index contributed by atoms with van der Waals surface area (Å²) in [5.74, 6) is 1.67. The number of para-hydroxylation sites is 1. The number of halogens is 1. The molecule has 0 aliphatic carbocycles. The molecule has 1 aromatic carbocycles. The molecule has 3 aliphatic heterocycles. The van der Waals surface area contributed by atoms with Crippen LogP contribution in [-0.2, 0) is 10.3 Å². The number of hydrogen-bond acceptors (Lipinski definition) is 9. The molecule has 5 rings (SSSR count). The van der Waals surface area contributed by atoms with Crippen LogP contribution in [0.15, 0.2) is 45.8 Å². The van der Waals surface area contributed by atoms with Crippen molar-refractivity contribution < 1.29 is 9.26 Å². The van der Waals surface area contributed by atoms with Gasteiger partial charge in [0.2, 0.25) is 0 Å². The zero-order valence-corrected chi connectivity index (χ0v) is 15.8. The molecule has 1 atom stereocenters. The van der Waals surface area contributed by atoms with E-state index in [2.05, 4.69) is 32.2 Å². The zero-order valence-electron chi connectivity index (χ0n) is 15.1. The maximum absolute atomic E-state index is 6.28. The number of fused-ring (bicyclic) bond motifs is 6. The number of ether oxygens (including phenoxy) is 1. The summed E-state index contributed by atoms with van der Waals surface area (Å²) < 4.78 is 12.5. The van der Waals surface area contributed by atoms with Crippen molar-refractivity contribution >= 4 is 29.8 Å². The van der Waals surface area contributed by atoms with Gasteiger partial charge in [-0.15, -0.1) is 0 Å². The first-order chi connectivity index (χ1) is 13.0. The molecule has 0 bridgehead atoms. The van der Waals surface area contributed by atoms with E-state index < -0.39 is 5.60 Å². The van der Waals surface area contributed by atoms with Gasteiger partial charge in [0.1, 0.15) is 24.4 Å². The number of hydrogen-bond donors (Lipinski definition) is 0. The van der Waals surface area contributed by atoms with Crippen LogP contribution in [0.4, 0.5) is 11.6 Å². The highest BCUT2D eigenvalue weighted by Gasteiger charge is 2.45. The lowest BCUT2D eigenvalue weighted by molar-refractivity contribution is -0.00786. The van der Waals surface area contributed by atoms with Gasteiger partial charge in [0, 0.05) is 24.4 Å². The summed E-state index contributed by atoms with van der Waals surface area (Å²) in [5, 5.41) is 7.90. The lowest BCUT2D eigenvalue weighted by Crippen LogP contribution is -2.47. The number of aromatic nitrogens is 2. The molecule has 10 heteroatoms. The number of benzene rings is 1. The maximum Gasteiger partial charge on any atom is 0.290 e. The average molecular weight is 388 g/mol. The molecule has 0 amide bonds. The largest absolute Gasteiger partial charge is 0.369 e. The Hall–Kier alpha value is -2.78. The van der Waals surface area contributed by atoms with Crippen molar-refractivity contribution in [2.24, 2.45) is 4.99 Å². The van der Waals surface area contributed by atoms with Gasteiger partial charge in [-0.2, -0.15) is 4.98 Å². The molecule has 0 radical (unpaired) electrons. The van der Waals surface area contributed by atoms with Gasteiger partial charge in [0.05, 0.1) is 11.9 Å². The molecular weight excluding hydrogens is 370 g/mol. The van der Waals surface area contributed by atoms with Gasteiger partial charge in [-0.05, 0) is 25.1 Å². The van der Waals surface area contributed by atoms with E-state index in [0.717, 1.165) is 17.1 Å². The summed E-state index contributed by atoms with van der Waals surface area (Å²) >= 11 is 6.28. The molecule has 140 valence electrons. The van der Waals surface area contributed by atoms with Crippen LogP contribution in [0.3, 0.4) is 0 Å². The Morgan fingerprint density at radius 2 is 2.11 bits per heavy atom. The Bertz CT molecular complexity index is 956. The highest BCUT2D eigenvalue weighted by Crippen LogP contribution is 2.46. The van der Waals surface area contributed by atoms with E-state index in [-0.39, 0.29) is 6.17 Å². The fraction of sp³-hybridized carbons (Fsp3) is 0.353. The molecule has 1 unspecified atom stereocenters. The number of rotatable bonds is 3. The van der Waals surface area contributed by atoms with Crippen LogP contribution in [0.5, 0.6) is 0 Å². The van der Waals surface area contributed by atoms with Crippen LogP contribution in [0, 0.1) is 0 Å². The number of hydrazine groups is 1. The third-order valence-electron chi connectivity index (χ3n) is 4.98. The highest BCUT2D eigenvalue weighted by molar-refractivity contribution is 6.14. The van der Waals surface area contributed by atoms with Gasteiger partial charge in [0.25, 0.3) is 11.8 Å². The maximum atomic E-state index is 6.28. The van der Waals surface area contributed by atoms with Gasteiger partial charge >= 0.3 is 0 Å². The Kier molecular flexibility index (Phi) is 3.40. The summed E-state index contributed by atoms with van der Waals surface area (Å²) in [7, 11) is 1.61. The SMILES string of the molecule is COC(C)(C)c1nc(N2C=NC3c4ccccc4N4CN(Cl)C=C4N32)no1. The van der Waals surface area contributed by atoms with Crippen LogP contribution in [0.1, 0.15) is 31.5 Å². The first-order valence-corrected chi connectivity index (χ1v) is 8.85. The fourth-order valence-electron chi connectivity index (χ4n) is 3.38. The van der Waals surface area contributed by atoms with Crippen molar-refractivity contribution in [1.29, 1.82) is 0 Å². The Balaban J connectivity index is 1.57. The van der Waals surface area contributed by atoms with Crippen LogP contribution in [0.2, 0.25) is 0 Å². The first-order valence-electron chi connectivity index (χ1n) is 8.51. The molecule has 2 aromatic rings. The lowest BCUT2D eigenvalue weighted by atomic mass is 10.1. The van der Waals surface area contributed by atoms with Crippen LogP contribution >= 0.6 is 11.8 Å². The molecule has 4 heterocycles. The molecule has 1 aromatic heterocycles.